The lowest BCUT2D eigenvalue weighted by Gasteiger charge is -2.24. The van der Waals surface area contributed by atoms with Crippen LogP contribution < -0.4 is 16.0 Å². The summed E-state index contributed by atoms with van der Waals surface area (Å²) >= 11 is 1.47. The maximum atomic E-state index is 13.7. The Labute approximate surface area is 169 Å². The number of carbonyl (C=O) groups is 1. The summed E-state index contributed by atoms with van der Waals surface area (Å²) in [6, 6.07) is 14.6. The maximum Gasteiger partial charge on any atom is 0.225 e. The van der Waals surface area contributed by atoms with E-state index in [-0.39, 0.29) is 17.6 Å². The minimum Gasteiger partial charge on any atom is -0.357 e. The number of hydrogen-bond donors (Lipinski definition) is 3. The van der Waals surface area contributed by atoms with Crippen LogP contribution in [-0.2, 0) is 4.79 Å². The Morgan fingerprint density at radius 2 is 2.00 bits per heavy atom. The predicted molar refractivity (Wildman–Crippen MR) is 114 cm³/mol. The molecule has 1 aliphatic rings. The van der Waals surface area contributed by atoms with Crippen LogP contribution in [0, 0.1) is 5.82 Å². The number of guanidine groups is 1. The maximum absolute atomic E-state index is 13.7. The van der Waals surface area contributed by atoms with Gasteiger partial charge in [0.1, 0.15) is 5.82 Å². The number of halogens is 1. The second kappa shape index (κ2) is 10.1. The van der Waals surface area contributed by atoms with Crippen molar-refractivity contribution in [2.75, 3.05) is 30.7 Å². The van der Waals surface area contributed by atoms with E-state index >= 15 is 0 Å². The number of aliphatic imine (C=N–C) groups is 1. The van der Waals surface area contributed by atoms with Crippen molar-refractivity contribution in [3.8, 4) is 0 Å². The van der Waals surface area contributed by atoms with Gasteiger partial charge in [0.05, 0.1) is 6.54 Å². The molecule has 1 atom stereocenters. The Morgan fingerprint density at radius 3 is 2.82 bits per heavy atom. The number of rotatable bonds is 7. The summed E-state index contributed by atoms with van der Waals surface area (Å²) < 4.78 is 13.7. The average molecular weight is 401 g/mol. The van der Waals surface area contributed by atoms with Gasteiger partial charge in [-0.05, 0) is 30.7 Å². The van der Waals surface area contributed by atoms with Crippen LogP contribution in [-0.4, -0.2) is 37.3 Å². The minimum atomic E-state index is -0.192. The van der Waals surface area contributed by atoms with E-state index in [1.54, 1.807) is 12.1 Å². The van der Waals surface area contributed by atoms with Crippen molar-refractivity contribution in [2.45, 2.75) is 24.2 Å². The molecule has 0 radical (unpaired) electrons. The van der Waals surface area contributed by atoms with Crippen LogP contribution in [0.2, 0.25) is 0 Å². The van der Waals surface area contributed by atoms with Gasteiger partial charge in [-0.3, -0.25) is 9.79 Å². The Hall–Kier alpha value is -2.54. The van der Waals surface area contributed by atoms with Crippen LogP contribution >= 0.6 is 11.8 Å². The Morgan fingerprint density at radius 1 is 1.21 bits per heavy atom. The molecule has 0 spiro atoms. The molecular formula is C21H25FN4OS. The normalized spacial score (nSPS) is 16.3. The third-order valence-electron chi connectivity index (χ3n) is 4.41. The Bertz CT molecular complexity index is 843. The molecule has 148 valence electrons. The number of nitrogens with zero attached hydrogens (tertiary/aromatic N) is 1. The van der Waals surface area contributed by atoms with Crippen LogP contribution in [0.4, 0.5) is 10.1 Å². The first-order chi connectivity index (χ1) is 13.7. The second-order valence-corrected chi connectivity index (χ2v) is 7.60. The highest BCUT2D eigenvalue weighted by Gasteiger charge is 2.24. The van der Waals surface area contributed by atoms with Crippen LogP contribution in [0.3, 0.4) is 0 Å². The van der Waals surface area contributed by atoms with Crippen LogP contribution in [0.15, 0.2) is 58.4 Å². The molecule has 3 rings (SSSR count). The number of para-hydroxylation sites is 1. The van der Waals surface area contributed by atoms with Crippen LogP contribution in [0.1, 0.15) is 24.8 Å². The number of fused-ring (bicyclic) bond motifs is 1. The first kappa shape index (κ1) is 20.2. The number of amides is 1. The van der Waals surface area contributed by atoms with Crippen molar-refractivity contribution < 1.29 is 9.18 Å². The van der Waals surface area contributed by atoms with Crippen molar-refractivity contribution in [2.24, 2.45) is 4.99 Å². The Kier molecular flexibility index (Phi) is 7.31. The fourth-order valence-corrected chi connectivity index (χ4v) is 3.90. The second-order valence-electron chi connectivity index (χ2n) is 6.46. The van der Waals surface area contributed by atoms with Crippen molar-refractivity contribution in [1.29, 1.82) is 0 Å². The molecule has 2 aromatic rings. The zero-order valence-corrected chi connectivity index (χ0v) is 16.7. The van der Waals surface area contributed by atoms with Gasteiger partial charge in [0.15, 0.2) is 5.96 Å². The standard InChI is InChI=1S/C21H25FN4OS/c1-2-23-21(24-11-12-28-19-10-6-4-8-17(19)22)25-14-15-13-20(27)26-18-9-5-3-7-16(15)18/h3-10,15H,2,11-14H2,1H3,(H,26,27)(H2,23,24,25). The first-order valence-electron chi connectivity index (χ1n) is 9.45. The summed E-state index contributed by atoms with van der Waals surface area (Å²) in [5.74, 6) is 1.33. The fraction of sp³-hybridized carbons (Fsp3) is 0.333. The van der Waals surface area contributed by atoms with Crippen LogP contribution in [0.25, 0.3) is 0 Å². The molecule has 3 N–H and O–H groups in total. The van der Waals surface area contributed by atoms with Gasteiger partial charge in [0, 0.05) is 41.8 Å². The van der Waals surface area contributed by atoms with E-state index in [0.717, 1.165) is 23.5 Å². The Balaban J connectivity index is 1.56. The number of hydrogen-bond acceptors (Lipinski definition) is 3. The summed E-state index contributed by atoms with van der Waals surface area (Å²) in [7, 11) is 0. The highest BCUT2D eigenvalue weighted by molar-refractivity contribution is 7.99. The van der Waals surface area contributed by atoms with E-state index in [1.807, 2.05) is 37.3 Å². The third kappa shape index (κ3) is 5.48. The fourth-order valence-electron chi connectivity index (χ4n) is 3.10. The average Bonchev–Trinajstić information content (AvgIpc) is 2.70. The number of nitrogens with one attached hydrogen (secondary N) is 3. The van der Waals surface area contributed by atoms with E-state index < -0.39 is 0 Å². The monoisotopic (exact) mass is 400 g/mol. The molecule has 5 nitrogen and oxygen atoms in total. The number of anilines is 1. The summed E-state index contributed by atoms with van der Waals surface area (Å²) in [5, 5.41) is 9.42. The van der Waals surface area contributed by atoms with E-state index in [4.69, 9.17) is 0 Å². The molecule has 1 amide bonds. The highest BCUT2D eigenvalue weighted by atomic mass is 32.2. The lowest BCUT2D eigenvalue weighted by atomic mass is 9.91. The van der Waals surface area contributed by atoms with E-state index in [9.17, 15) is 9.18 Å². The van der Waals surface area contributed by atoms with Crippen molar-refractivity contribution in [3.05, 3.63) is 59.9 Å². The lowest BCUT2D eigenvalue weighted by Crippen LogP contribution is -2.39. The number of thioether (sulfide) groups is 1. The molecule has 0 saturated carbocycles. The lowest BCUT2D eigenvalue weighted by molar-refractivity contribution is -0.116. The van der Waals surface area contributed by atoms with Gasteiger partial charge in [-0.1, -0.05) is 30.3 Å². The summed E-state index contributed by atoms with van der Waals surface area (Å²) in [6.07, 6.45) is 0.434. The quantitative estimate of drug-likeness (QED) is 0.288. The van der Waals surface area contributed by atoms with Crippen molar-refractivity contribution >= 4 is 29.3 Å². The van der Waals surface area contributed by atoms with Gasteiger partial charge in [0.2, 0.25) is 5.91 Å². The molecule has 0 aliphatic carbocycles. The highest BCUT2D eigenvalue weighted by Crippen LogP contribution is 2.32. The smallest absolute Gasteiger partial charge is 0.225 e. The molecule has 0 aromatic heterocycles. The molecule has 2 aromatic carbocycles. The SMILES string of the molecule is CCNC(=NCC1CC(=O)Nc2ccccc21)NCCSc1ccccc1F. The summed E-state index contributed by atoms with van der Waals surface area (Å²) in [6.45, 7) is 3.94. The number of benzene rings is 2. The van der Waals surface area contributed by atoms with Gasteiger partial charge < -0.3 is 16.0 Å². The number of carbonyl (C=O) groups excluding carboxylic acids is 1. The first-order valence-corrected chi connectivity index (χ1v) is 10.4. The molecule has 1 aliphatic heterocycles. The van der Waals surface area contributed by atoms with E-state index in [0.29, 0.717) is 30.4 Å². The molecule has 1 unspecified atom stereocenters. The zero-order valence-electron chi connectivity index (χ0n) is 15.9. The largest absolute Gasteiger partial charge is 0.357 e. The third-order valence-corrected chi connectivity index (χ3v) is 5.46. The van der Waals surface area contributed by atoms with Crippen LogP contribution in [0.5, 0.6) is 0 Å². The minimum absolute atomic E-state index is 0.0261. The van der Waals surface area contributed by atoms with Gasteiger partial charge in [-0.15, -0.1) is 11.8 Å². The topological polar surface area (TPSA) is 65.5 Å². The van der Waals surface area contributed by atoms with Crippen molar-refractivity contribution in [1.82, 2.24) is 10.6 Å². The van der Waals surface area contributed by atoms with Gasteiger partial charge in [0.25, 0.3) is 0 Å². The molecule has 28 heavy (non-hydrogen) atoms. The van der Waals surface area contributed by atoms with Gasteiger partial charge in [-0.25, -0.2) is 4.39 Å². The predicted octanol–water partition coefficient (Wildman–Crippen LogP) is 3.60. The molecule has 1 heterocycles. The van der Waals surface area contributed by atoms with Gasteiger partial charge in [-0.2, -0.15) is 0 Å². The molecule has 0 fully saturated rings. The molecular weight excluding hydrogens is 375 g/mol. The van der Waals surface area contributed by atoms with E-state index in [1.165, 1.54) is 17.8 Å². The molecule has 0 bridgehead atoms. The molecule has 7 heteroatoms. The summed E-state index contributed by atoms with van der Waals surface area (Å²) in [4.78, 5) is 17.3. The van der Waals surface area contributed by atoms with E-state index in [2.05, 4.69) is 20.9 Å². The molecule has 0 saturated heterocycles. The summed E-state index contributed by atoms with van der Waals surface area (Å²) in [5.41, 5.74) is 2.00. The van der Waals surface area contributed by atoms with Gasteiger partial charge >= 0.3 is 0 Å². The van der Waals surface area contributed by atoms with Crippen molar-refractivity contribution in [3.63, 3.8) is 0 Å². The zero-order chi connectivity index (χ0) is 19.8.